The van der Waals surface area contributed by atoms with E-state index >= 15 is 0 Å². The molecule has 2 aromatic rings. The van der Waals surface area contributed by atoms with Crippen LogP contribution in [0.25, 0.3) is 0 Å². The number of likely N-dealkylation sites (tertiary alicyclic amines) is 1. The highest BCUT2D eigenvalue weighted by Crippen LogP contribution is 2.27. The van der Waals surface area contributed by atoms with E-state index in [-0.39, 0.29) is 17.6 Å². The number of nitrogens with zero attached hydrogens (tertiary/aromatic N) is 3. The smallest absolute Gasteiger partial charge is 0.222 e. The molecule has 1 fully saturated rings. The zero-order valence-corrected chi connectivity index (χ0v) is 13.9. The number of amides is 1. The van der Waals surface area contributed by atoms with Crippen molar-refractivity contribution in [2.75, 3.05) is 13.1 Å². The van der Waals surface area contributed by atoms with Crippen LogP contribution in [0.4, 0.5) is 4.39 Å². The van der Waals surface area contributed by atoms with E-state index in [4.69, 9.17) is 4.42 Å². The van der Waals surface area contributed by atoms with Crippen molar-refractivity contribution >= 4 is 5.91 Å². The molecule has 1 saturated heterocycles. The van der Waals surface area contributed by atoms with Gasteiger partial charge in [0.2, 0.25) is 17.7 Å². The number of halogens is 1. The minimum absolute atomic E-state index is 0.145. The highest BCUT2D eigenvalue weighted by Gasteiger charge is 2.26. The summed E-state index contributed by atoms with van der Waals surface area (Å²) in [5, 5.41) is 7.94. The Morgan fingerprint density at radius 3 is 2.71 bits per heavy atom. The van der Waals surface area contributed by atoms with Crippen LogP contribution in [0, 0.1) is 12.7 Å². The molecule has 1 aliphatic heterocycles. The average molecular weight is 331 g/mol. The highest BCUT2D eigenvalue weighted by atomic mass is 19.1. The zero-order chi connectivity index (χ0) is 16.9. The minimum atomic E-state index is -0.194. The van der Waals surface area contributed by atoms with E-state index < -0.39 is 0 Å². The average Bonchev–Trinajstić information content (AvgIpc) is 3.03. The molecular weight excluding hydrogens is 309 g/mol. The number of aryl methyl sites for hydroxylation is 2. The minimum Gasteiger partial charge on any atom is -0.425 e. The molecule has 6 heteroatoms. The number of carbonyl (C=O) groups excluding carboxylic acids is 1. The van der Waals surface area contributed by atoms with E-state index in [9.17, 15) is 9.18 Å². The number of piperidine rings is 1. The molecule has 0 saturated carbocycles. The van der Waals surface area contributed by atoms with Crippen LogP contribution in [0.5, 0.6) is 0 Å². The topological polar surface area (TPSA) is 59.2 Å². The molecule has 1 amide bonds. The van der Waals surface area contributed by atoms with Gasteiger partial charge in [0, 0.05) is 32.4 Å². The van der Waals surface area contributed by atoms with E-state index in [2.05, 4.69) is 10.2 Å². The van der Waals surface area contributed by atoms with Crippen molar-refractivity contribution in [2.24, 2.45) is 0 Å². The van der Waals surface area contributed by atoms with E-state index in [1.54, 1.807) is 19.1 Å². The molecule has 5 nitrogen and oxygen atoms in total. The fourth-order valence-electron chi connectivity index (χ4n) is 3.14. The lowest BCUT2D eigenvalue weighted by atomic mass is 9.96. The van der Waals surface area contributed by atoms with Crippen LogP contribution >= 0.6 is 0 Å². The largest absolute Gasteiger partial charge is 0.425 e. The summed E-state index contributed by atoms with van der Waals surface area (Å²) in [5.41, 5.74) is 0.677. The monoisotopic (exact) mass is 331 g/mol. The van der Waals surface area contributed by atoms with E-state index in [0.717, 1.165) is 12.8 Å². The predicted octanol–water partition coefficient (Wildman–Crippen LogP) is 3.25. The summed E-state index contributed by atoms with van der Waals surface area (Å²) >= 11 is 0. The third kappa shape index (κ3) is 3.99. The van der Waals surface area contributed by atoms with Crippen molar-refractivity contribution in [3.8, 4) is 0 Å². The Morgan fingerprint density at radius 1 is 1.29 bits per heavy atom. The molecule has 2 heterocycles. The van der Waals surface area contributed by atoms with Gasteiger partial charge in [-0.05, 0) is 37.3 Å². The maximum Gasteiger partial charge on any atom is 0.222 e. The summed E-state index contributed by atoms with van der Waals surface area (Å²) < 4.78 is 19.0. The Labute approximate surface area is 140 Å². The molecule has 0 aliphatic carbocycles. The summed E-state index contributed by atoms with van der Waals surface area (Å²) in [6.07, 6.45) is 3.42. The van der Waals surface area contributed by atoms with Gasteiger partial charge in [-0.1, -0.05) is 18.2 Å². The van der Waals surface area contributed by atoms with Gasteiger partial charge in [-0.2, -0.15) is 0 Å². The molecule has 1 aromatic heterocycles. The Kier molecular flexibility index (Phi) is 5.23. The van der Waals surface area contributed by atoms with Gasteiger partial charge in [0.15, 0.2) is 0 Å². The first kappa shape index (κ1) is 16.6. The van der Waals surface area contributed by atoms with E-state index in [1.807, 2.05) is 11.0 Å². The van der Waals surface area contributed by atoms with Crippen molar-refractivity contribution in [1.82, 2.24) is 15.1 Å². The van der Waals surface area contributed by atoms with Crippen LogP contribution in [0.15, 0.2) is 28.7 Å². The Bertz CT molecular complexity index is 693. The lowest BCUT2D eigenvalue weighted by Crippen LogP contribution is -2.37. The first-order valence-corrected chi connectivity index (χ1v) is 8.44. The van der Waals surface area contributed by atoms with Crippen LogP contribution < -0.4 is 0 Å². The Hall–Kier alpha value is -2.24. The fourth-order valence-corrected chi connectivity index (χ4v) is 3.14. The third-order valence-corrected chi connectivity index (χ3v) is 4.53. The normalized spacial score (nSPS) is 15.7. The van der Waals surface area contributed by atoms with Gasteiger partial charge in [0.1, 0.15) is 5.82 Å². The van der Waals surface area contributed by atoms with Gasteiger partial charge in [0.25, 0.3) is 0 Å². The molecule has 24 heavy (non-hydrogen) atoms. The molecule has 0 N–H and O–H groups in total. The second kappa shape index (κ2) is 7.55. The van der Waals surface area contributed by atoms with Crippen molar-refractivity contribution in [3.63, 3.8) is 0 Å². The quantitative estimate of drug-likeness (QED) is 0.844. The summed E-state index contributed by atoms with van der Waals surface area (Å²) in [6, 6.07) is 6.74. The first-order chi connectivity index (χ1) is 11.6. The number of hydrogen-bond acceptors (Lipinski definition) is 4. The molecule has 1 aliphatic rings. The zero-order valence-electron chi connectivity index (χ0n) is 13.9. The maximum absolute atomic E-state index is 13.6. The van der Waals surface area contributed by atoms with E-state index in [0.29, 0.717) is 49.7 Å². The molecule has 0 atom stereocenters. The second-order valence-corrected chi connectivity index (χ2v) is 6.26. The van der Waals surface area contributed by atoms with Crippen LogP contribution in [-0.4, -0.2) is 34.1 Å². The molecule has 0 spiro atoms. The molecule has 128 valence electrons. The van der Waals surface area contributed by atoms with E-state index in [1.165, 1.54) is 6.07 Å². The molecule has 0 unspecified atom stereocenters. The van der Waals surface area contributed by atoms with Crippen molar-refractivity contribution in [1.29, 1.82) is 0 Å². The molecule has 0 bridgehead atoms. The van der Waals surface area contributed by atoms with Gasteiger partial charge in [-0.3, -0.25) is 4.79 Å². The number of rotatable bonds is 5. The lowest BCUT2D eigenvalue weighted by Gasteiger charge is -2.30. The SMILES string of the molecule is Cc1nnc(C2CCN(C(=O)CCCc3ccccc3F)CC2)o1. The standard InChI is InChI=1S/C18H22FN3O2/c1-13-20-21-18(24-13)15-9-11-22(12-10-15)17(23)8-4-6-14-5-2-3-7-16(14)19/h2-3,5,7,15H,4,6,8-12H2,1H3. The van der Waals surface area contributed by atoms with Crippen molar-refractivity contribution in [2.45, 2.75) is 44.9 Å². The van der Waals surface area contributed by atoms with Crippen LogP contribution in [0.1, 0.15) is 48.9 Å². The van der Waals surface area contributed by atoms with Crippen LogP contribution in [0.2, 0.25) is 0 Å². The Balaban J connectivity index is 1.43. The number of benzene rings is 1. The van der Waals surface area contributed by atoms with Gasteiger partial charge < -0.3 is 9.32 Å². The highest BCUT2D eigenvalue weighted by molar-refractivity contribution is 5.76. The predicted molar refractivity (Wildman–Crippen MR) is 86.9 cm³/mol. The summed E-state index contributed by atoms with van der Waals surface area (Å²) in [7, 11) is 0. The van der Waals surface area contributed by atoms with Gasteiger partial charge in [-0.15, -0.1) is 10.2 Å². The Morgan fingerprint density at radius 2 is 2.04 bits per heavy atom. The summed E-state index contributed by atoms with van der Waals surface area (Å²) in [5.74, 6) is 1.46. The molecule has 0 radical (unpaired) electrons. The summed E-state index contributed by atoms with van der Waals surface area (Å²) in [4.78, 5) is 14.2. The van der Waals surface area contributed by atoms with Crippen LogP contribution in [-0.2, 0) is 11.2 Å². The van der Waals surface area contributed by atoms with Crippen LogP contribution in [0.3, 0.4) is 0 Å². The fraction of sp³-hybridized carbons (Fsp3) is 0.500. The second-order valence-electron chi connectivity index (χ2n) is 6.26. The third-order valence-electron chi connectivity index (χ3n) is 4.53. The molecule has 3 rings (SSSR count). The lowest BCUT2D eigenvalue weighted by molar-refractivity contribution is -0.132. The first-order valence-electron chi connectivity index (χ1n) is 8.44. The van der Waals surface area contributed by atoms with Crippen molar-refractivity contribution < 1.29 is 13.6 Å². The molecule has 1 aromatic carbocycles. The van der Waals surface area contributed by atoms with Gasteiger partial charge >= 0.3 is 0 Å². The van der Waals surface area contributed by atoms with Gasteiger partial charge in [0.05, 0.1) is 0 Å². The maximum atomic E-state index is 13.6. The number of hydrogen-bond donors (Lipinski definition) is 0. The summed E-state index contributed by atoms with van der Waals surface area (Å²) in [6.45, 7) is 3.21. The van der Waals surface area contributed by atoms with Crippen molar-refractivity contribution in [3.05, 3.63) is 47.4 Å². The number of carbonyl (C=O) groups is 1. The molecular formula is C18H22FN3O2. The number of aromatic nitrogens is 2. The van der Waals surface area contributed by atoms with Gasteiger partial charge in [-0.25, -0.2) is 4.39 Å².